The summed E-state index contributed by atoms with van der Waals surface area (Å²) in [7, 11) is 0. The van der Waals surface area contributed by atoms with Gasteiger partial charge < -0.3 is 25.5 Å². The second-order valence-electron chi connectivity index (χ2n) is 10.7. The molecule has 0 aliphatic heterocycles. The number of fused-ring (bicyclic) bond motifs is 1. The highest BCUT2D eigenvalue weighted by molar-refractivity contribution is 5.75. The minimum absolute atomic E-state index is 0.0408. The van der Waals surface area contributed by atoms with Gasteiger partial charge in [-0.05, 0) is 38.0 Å². The van der Waals surface area contributed by atoms with Gasteiger partial charge >= 0.3 is 11.9 Å². The standard InChI is InChI=1S/C30H50N6O4/c1-4-6-7-8-9-10-11-12-13-14-15-16-26(37)40-21-24(17-18-39-29(38)27(31)23(3)5-2)20-36-22-34-25-19-33-30(32)35-28(25)36/h8-9,19,22-24,27H,4-7,10-18,20-21,31H2,1-3H3,(H2,32,33,35). The maximum absolute atomic E-state index is 12.5. The summed E-state index contributed by atoms with van der Waals surface area (Å²) >= 11 is 0. The van der Waals surface area contributed by atoms with E-state index in [0.717, 1.165) is 32.1 Å². The van der Waals surface area contributed by atoms with Crippen LogP contribution in [0.3, 0.4) is 0 Å². The van der Waals surface area contributed by atoms with Crippen LogP contribution >= 0.6 is 0 Å². The van der Waals surface area contributed by atoms with Gasteiger partial charge in [0, 0.05) is 18.9 Å². The van der Waals surface area contributed by atoms with Crippen LogP contribution in [0.1, 0.15) is 97.8 Å². The van der Waals surface area contributed by atoms with Crippen molar-refractivity contribution in [3.63, 3.8) is 0 Å². The van der Waals surface area contributed by atoms with Crippen molar-refractivity contribution in [1.82, 2.24) is 19.5 Å². The predicted octanol–water partition coefficient (Wildman–Crippen LogP) is 5.35. The Morgan fingerprint density at radius 2 is 1.75 bits per heavy atom. The van der Waals surface area contributed by atoms with Crippen LogP contribution < -0.4 is 11.5 Å². The summed E-state index contributed by atoms with van der Waals surface area (Å²) < 4.78 is 13.0. The van der Waals surface area contributed by atoms with Crippen molar-refractivity contribution in [2.24, 2.45) is 17.6 Å². The van der Waals surface area contributed by atoms with Crippen molar-refractivity contribution in [2.75, 3.05) is 18.9 Å². The molecule has 10 nitrogen and oxygen atoms in total. The fraction of sp³-hybridized carbons (Fsp3) is 0.700. The summed E-state index contributed by atoms with van der Waals surface area (Å²) in [5.41, 5.74) is 13.0. The number of nitrogens with two attached hydrogens (primary N) is 2. The van der Waals surface area contributed by atoms with Crippen molar-refractivity contribution in [2.45, 2.75) is 110 Å². The van der Waals surface area contributed by atoms with Crippen LogP contribution in [-0.4, -0.2) is 50.7 Å². The molecule has 0 saturated carbocycles. The number of hydrogen-bond donors (Lipinski definition) is 2. The Bertz CT molecular complexity index is 1040. The molecule has 2 heterocycles. The quantitative estimate of drug-likeness (QED) is 0.117. The van der Waals surface area contributed by atoms with Gasteiger partial charge in [-0.2, -0.15) is 4.98 Å². The Labute approximate surface area is 239 Å². The zero-order chi connectivity index (χ0) is 29.2. The molecule has 0 fully saturated rings. The number of aromatic nitrogens is 4. The summed E-state index contributed by atoms with van der Waals surface area (Å²) in [5.74, 6) is -0.531. The molecule has 0 bridgehead atoms. The lowest BCUT2D eigenvalue weighted by Gasteiger charge is -2.20. The van der Waals surface area contributed by atoms with Crippen molar-refractivity contribution >= 4 is 29.1 Å². The smallest absolute Gasteiger partial charge is 0.323 e. The number of anilines is 1. The van der Waals surface area contributed by atoms with Crippen molar-refractivity contribution in [3.05, 3.63) is 24.7 Å². The van der Waals surface area contributed by atoms with Gasteiger partial charge in [0.1, 0.15) is 11.6 Å². The molecule has 10 heteroatoms. The molecule has 0 amide bonds. The Kier molecular flexibility index (Phi) is 15.9. The van der Waals surface area contributed by atoms with E-state index >= 15 is 0 Å². The van der Waals surface area contributed by atoms with E-state index in [9.17, 15) is 9.59 Å². The van der Waals surface area contributed by atoms with Gasteiger partial charge in [-0.3, -0.25) is 9.59 Å². The molecule has 0 spiro atoms. The number of unbranched alkanes of at least 4 members (excludes halogenated alkanes) is 7. The minimum atomic E-state index is -0.652. The van der Waals surface area contributed by atoms with Crippen LogP contribution in [0, 0.1) is 11.8 Å². The molecule has 2 aromatic rings. The van der Waals surface area contributed by atoms with Gasteiger partial charge in [-0.1, -0.05) is 71.4 Å². The largest absolute Gasteiger partial charge is 0.465 e. The number of carbonyl (C=O) groups is 2. The first kappa shape index (κ1) is 33.2. The highest BCUT2D eigenvalue weighted by Gasteiger charge is 2.22. The van der Waals surface area contributed by atoms with Crippen LogP contribution in [-0.2, 0) is 25.6 Å². The summed E-state index contributed by atoms with van der Waals surface area (Å²) in [5, 5.41) is 0. The summed E-state index contributed by atoms with van der Waals surface area (Å²) in [4.78, 5) is 37.4. The molecule has 0 radical (unpaired) electrons. The number of allylic oxidation sites excluding steroid dienone is 2. The normalized spacial score (nSPS) is 13.9. The Morgan fingerprint density at radius 1 is 1.02 bits per heavy atom. The third kappa shape index (κ3) is 12.4. The van der Waals surface area contributed by atoms with E-state index in [0.29, 0.717) is 30.6 Å². The Balaban J connectivity index is 1.79. The molecule has 0 aliphatic rings. The molecule has 4 N–H and O–H groups in total. The molecular weight excluding hydrogens is 508 g/mol. The maximum atomic E-state index is 12.5. The molecule has 224 valence electrons. The second-order valence-corrected chi connectivity index (χ2v) is 10.7. The fourth-order valence-electron chi connectivity index (χ4n) is 4.32. The third-order valence-electron chi connectivity index (χ3n) is 7.25. The van der Waals surface area contributed by atoms with Crippen LogP contribution in [0.15, 0.2) is 24.7 Å². The van der Waals surface area contributed by atoms with E-state index in [1.807, 2.05) is 18.4 Å². The van der Waals surface area contributed by atoms with E-state index in [-0.39, 0.29) is 37.0 Å². The number of nitrogen functional groups attached to an aromatic ring is 1. The highest BCUT2D eigenvalue weighted by Crippen LogP contribution is 2.16. The number of ether oxygens (including phenoxy) is 2. The Morgan fingerprint density at radius 3 is 2.50 bits per heavy atom. The molecule has 0 aliphatic carbocycles. The molecule has 2 rings (SSSR count). The number of carbonyl (C=O) groups excluding carboxylic acids is 2. The molecule has 0 aromatic carbocycles. The zero-order valence-electron chi connectivity index (χ0n) is 24.7. The van der Waals surface area contributed by atoms with E-state index in [2.05, 4.69) is 34.0 Å². The first-order chi connectivity index (χ1) is 19.3. The number of hydrogen-bond acceptors (Lipinski definition) is 9. The second kappa shape index (κ2) is 19.1. The van der Waals surface area contributed by atoms with E-state index in [4.69, 9.17) is 20.9 Å². The molecule has 3 unspecified atom stereocenters. The Hall–Kier alpha value is -3.01. The predicted molar refractivity (Wildman–Crippen MR) is 158 cm³/mol. The molecule has 3 atom stereocenters. The average molecular weight is 559 g/mol. The van der Waals surface area contributed by atoms with Gasteiger partial charge in [-0.15, -0.1) is 0 Å². The monoisotopic (exact) mass is 558 g/mol. The topological polar surface area (TPSA) is 148 Å². The van der Waals surface area contributed by atoms with Gasteiger partial charge in [0.25, 0.3) is 0 Å². The van der Waals surface area contributed by atoms with E-state index in [1.54, 1.807) is 12.5 Å². The fourth-order valence-corrected chi connectivity index (χ4v) is 4.32. The van der Waals surface area contributed by atoms with Crippen molar-refractivity contribution in [3.8, 4) is 0 Å². The lowest BCUT2D eigenvalue weighted by atomic mass is 10.0. The minimum Gasteiger partial charge on any atom is -0.465 e. The molecule has 2 aromatic heterocycles. The lowest BCUT2D eigenvalue weighted by Crippen LogP contribution is -2.38. The number of rotatable bonds is 21. The summed E-state index contributed by atoms with van der Waals surface area (Å²) in [6, 6.07) is -0.652. The van der Waals surface area contributed by atoms with Crippen LogP contribution in [0.2, 0.25) is 0 Å². The molecule has 40 heavy (non-hydrogen) atoms. The van der Waals surface area contributed by atoms with Gasteiger partial charge in [0.15, 0.2) is 5.65 Å². The first-order valence-corrected chi connectivity index (χ1v) is 15.0. The maximum Gasteiger partial charge on any atom is 0.323 e. The van der Waals surface area contributed by atoms with E-state index in [1.165, 1.54) is 32.1 Å². The summed E-state index contributed by atoms with van der Waals surface area (Å²) in [6.45, 7) is 6.99. The number of nitrogens with zero attached hydrogens (tertiary/aromatic N) is 4. The van der Waals surface area contributed by atoms with Crippen LogP contribution in [0.5, 0.6) is 0 Å². The van der Waals surface area contributed by atoms with Crippen molar-refractivity contribution < 1.29 is 19.1 Å². The SMILES string of the molecule is CCCCC=CCCCCCCCC(=O)OCC(CCOC(=O)C(N)C(C)CC)Cn1cnc2cnc(N)nc21. The lowest BCUT2D eigenvalue weighted by molar-refractivity contribution is -0.149. The molecular formula is C30H50N6O4. The third-order valence-corrected chi connectivity index (χ3v) is 7.25. The van der Waals surface area contributed by atoms with Gasteiger partial charge in [0.2, 0.25) is 5.95 Å². The van der Waals surface area contributed by atoms with Crippen molar-refractivity contribution in [1.29, 1.82) is 0 Å². The number of esters is 2. The van der Waals surface area contributed by atoms with Gasteiger partial charge in [-0.25, -0.2) is 9.97 Å². The average Bonchev–Trinajstić information content (AvgIpc) is 3.34. The summed E-state index contributed by atoms with van der Waals surface area (Å²) in [6.07, 6.45) is 19.7. The van der Waals surface area contributed by atoms with Crippen LogP contribution in [0.25, 0.3) is 11.2 Å². The van der Waals surface area contributed by atoms with E-state index < -0.39 is 12.0 Å². The van der Waals surface area contributed by atoms with Gasteiger partial charge in [0.05, 0.1) is 25.7 Å². The number of imidazole rings is 1. The molecule has 0 saturated heterocycles. The first-order valence-electron chi connectivity index (χ1n) is 15.0. The highest BCUT2D eigenvalue weighted by atomic mass is 16.5. The zero-order valence-corrected chi connectivity index (χ0v) is 24.7. The van der Waals surface area contributed by atoms with Crippen LogP contribution in [0.4, 0.5) is 5.95 Å².